The molecule has 1 fully saturated rings. The van der Waals surface area contributed by atoms with Crippen molar-refractivity contribution < 1.29 is 19.8 Å². The third-order valence-electron chi connectivity index (χ3n) is 3.13. The molecule has 0 aromatic heterocycles. The van der Waals surface area contributed by atoms with Crippen molar-refractivity contribution >= 4 is 11.9 Å². The van der Waals surface area contributed by atoms with Crippen molar-refractivity contribution in [2.45, 2.75) is 19.0 Å². The Labute approximate surface area is 110 Å². The highest BCUT2D eigenvalue weighted by molar-refractivity contribution is 5.86. The van der Waals surface area contributed by atoms with Gasteiger partial charge in [-0.1, -0.05) is 12.1 Å². The van der Waals surface area contributed by atoms with Crippen LogP contribution in [0.5, 0.6) is 5.75 Å². The summed E-state index contributed by atoms with van der Waals surface area (Å²) in [6.07, 6.45) is -0.204. The molecule has 1 amide bonds. The Kier molecular flexibility index (Phi) is 4.01. The topological polar surface area (TPSA) is 89.9 Å². The number of hydrogen-bond acceptors (Lipinski definition) is 4. The molecule has 0 aliphatic carbocycles. The van der Waals surface area contributed by atoms with E-state index in [0.29, 0.717) is 19.6 Å². The van der Waals surface area contributed by atoms with E-state index in [9.17, 15) is 14.7 Å². The number of piperazine rings is 1. The molecule has 1 aliphatic heterocycles. The van der Waals surface area contributed by atoms with Crippen LogP contribution < -0.4 is 5.32 Å². The maximum Gasteiger partial charge on any atom is 0.305 e. The van der Waals surface area contributed by atoms with Crippen molar-refractivity contribution in [1.29, 1.82) is 0 Å². The molecule has 1 heterocycles. The number of phenolic OH excluding ortho intramolecular Hbond substituents is 1. The highest BCUT2D eigenvalue weighted by atomic mass is 16.4. The van der Waals surface area contributed by atoms with Crippen molar-refractivity contribution in [3.8, 4) is 5.75 Å². The summed E-state index contributed by atoms with van der Waals surface area (Å²) in [4.78, 5) is 24.4. The lowest BCUT2D eigenvalue weighted by atomic mass is 10.1. The van der Waals surface area contributed by atoms with Gasteiger partial charge in [0.1, 0.15) is 11.8 Å². The Hall–Kier alpha value is -2.08. The standard InChI is InChI=1S/C13H16N2O4/c16-10-3-1-9(2-4-10)8-15-6-5-14-13(19)11(15)7-12(17)18/h1-4,11,16H,5-8H2,(H,14,19)(H,17,18). The molecule has 19 heavy (non-hydrogen) atoms. The van der Waals surface area contributed by atoms with E-state index in [1.54, 1.807) is 24.3 Å². The quantitative estimate of drug-likeness (QED) is 0.721. The Balaban J connectivity index is 2.09. The fourth-order valence-corrected chi connectivity index (χ4v) is 2.17. The van der Waals surface area contributed by atoms with Gasteiger partial charge in [0.25, 0.3) is 0 Å². The van der Waals surface area contributed by atoms with Crippen LogP contribution in [0.3, 0.4) is 0 Å². The SMILES string of the molecule is O=C(O)CC1C(=O)NCCN1Cc1ccc(O)cc1. The van der Waals surface area contributed by atoms with Gasteiger partial charge in [-0.3, -0.25) is 14.5 Å². The number of carboxylic acids is 1. The van der Waals surface area contributed by atoms with Gasteiger partial charge in [0.2, 0.25) is 5.91 Å². The van der Waals surface area contributed by atoms with Gasteiger partial charge < -0.3 is 15.5 Å². The van der Waals surface area contributed by atoms with E-state index in [0.717, 1.165) is 5.56 Å². The lowest BCUT2D eigenvalue weighted by Gasteiger charge is -2.34. The number of benzene rings is 1. The van der Waals surface area contributed by atoms with Gasteiger partial charge >= 0.3 is 5.97 Å². The van der Waals surface area contributed by atoms with Crippen LogP contribution in [-0.4, -0.2) is 46.1 Å². The molecular weight excluding hydrogens is 248 g/mol. The number of amides is 1. The van der Waals surface area contributed by atoms with Crippen molar-refractivity contribution in [2.24, 2.45) is 0 Å². The second-order valence-electron chi connectivity index (χ2n) is 4.54. The second-order valence-corrected chi connectivity index (χ2v) is 4.54. The van der Waals surface area contributed by atoms with Crippen molar-refractivity contribution in [3.05, 3.63) is 29.8 Å². The van der Waals surface area contributed by atoms with Gasteiger partial charge in [0, 0.05) is 19.6 Å². The van der Waals surface area contributed by atoms with Crippen LogP contribution in [-0.2, 0) is 16.1 Å². The van der Waals surface area contributed by atoms with E-state index in [1.807, 2.05) is 4.90 Å². The van der Waals surface area contributed by atoms with Crippen LogP contribution in [0.4, 0.5) is 0 Å². The summed E-state index contributed by atoms with van der Waals surface area (Å²) < 4.78 is 0. The van der Waals surface area contributed by atoms with E-state index in [-0.39, 0.29) is 18.1 Å². The molecule has 1 unspecified atom stereocenters. The first-order valence-corrected chi connectivity index (χ1v) is 6.08. The normalized spacial score (nSPS) is 20.0. The summed E-state index contributed by atoms with van der Waals surface area (Å²) >= 11 is 0. The number of carbonyl (C=O) groups excluding carboxylic acids is 1. The average Bonchev–Trinajstić information content (AvgIpc) is 2.36. The number of carboxylic acid groups (broad SMARTS) is 1. The number of aliphatic carboxylic acids is 1. The highest BCUT2D eigenvalue weighted by Gasteiger charge is 2.31. The minimum absolute atomic E-state index is 0.183. The largest absolute Gasteiger partial charge is 0.508 e. The van der Waals surface area contributed by atoms with Crippen molar-refractivity contribution in [2.75, 3.05) is 13.1 Å². The highest BCUT2D eigenvalue weighted by Crippen LogP contribution is 2.16. The molecule has 1 aromatic carbocycles. The first-order chi connectivity index (χ1) is 9.06. The first kappa shape index (κ1) is 13.4. The van der Waals surface area contributed by atoms with E-state index in [2.05, 4.69) is 5.32 Å². The molecule has 0 radical (unpaired) electrons. The third kappa shape index (κ3) is 3.45. The zero-order valence-electron chi connectivity index (χ0n) is 10.4. The van der Waals surface area contributed by atoms with E-state index in [1.165, 1.54) is 0 Å². The number of aromatic hydroxyl groups is 1. The van der Waals surface area contributed by atoms with Gasteiger partial charge in [-0.25, -0.2) is 0 Å². The number of hydrogen-bond donors (Lipinski definition) is 3. The van der Waals surface area contributed by atoms with Gasteiger partial charge in [0.05, 0.1) is 6.42 Å². The van der Waals surface area contributed by atoms with Crippen molar-refractivity contribution in [3.63, 3.8) is 0 Å². The average molecular weight is 264 g/mol. The van der Waals surface area contributed by atoms with Crippen LogP contribution in [0.15, 0.2) is 24.3 Å². The maximum absolute atomic E-state index is 11.7. The number of phenols is 1. The second kappa shape index (κ2) is 5.71. The molecule has 1 atom stereocenters. The summed E-state index contributed by atoms with van der Waals surface area (Å²) in [6.45, 7) is 1.63. The van der Waals surface area contributed by atoms with Gasteiger partial charge in [-0.2, -0.15) is 0 Å². The Bertz CT molecular complexity index is 472. The summed E-state index contributed by atoms with van der Waals surface area (Å²) in [5.74, 6) is -1.05. The van der Waals surface area contributed by atoms with Gasteiger partial charge in [-0.15, -0.1) is 0 Å². The third-order valence-corrected chi connectivity index (χ3v) is 3.13. The molecule has 1 aliphatic rings. The van der Waals surface area contributed by atoms with E-state index in [4.69, 9.17) is 5.11 Å². The first-order valence-electron chi connectivity index (χ1n) is 6.08. The van der Waals surface area contributed by atoms with Crippen molar-refractivity contribution in [1.82, 2.24) is 10.2 Å². The molecule has 6 heteroatoms. The predicted molar refractivity (Wildman–Crippen MR) is 67.6 cm³/mol. The summed E-state index contributed by atoms with van der Waals surface area (Å²) in [5, 5.41) is 20.8. The molecule has 2 rings (SSSR count). The lowest BCUT2D eigenvalue weighted by Crippen LogP contribution is -2.55. The lowest BCUT2D eigenvalue weighted by molar-refractivity contribution is -0.143. The van der Waals surface area contributed by atoms with Gasteiger partial charge in [0.15, 0.2) is 0 Å². The predicted octanol–water partition coefficient (Wildman–Crippen LogP) is 0.167. The van der Waals surface area contributed by atoms with E-state index < -0.39 is 12.0 Å². The fraction of sp³-hybridized carbons (Fsp3) is 0.385. The van der Waals surface area contributed by atoms with Crippen LogP contribution in [0, 0.1) is 0 Å². The molecule has 1 aromatic rings. The number of nitrogens with zero attached hydrogens (tertiary/aromatic N) is 1. The monoisotopic (exact) mass is 264 g/mol. The molecule has 1 saturated heterocycles. The van der Waals surface area contributed by atoms with E-state index >= 15 is 0 Å². The molecule has 6 nitrogen and oxygen atoms in total. The van der Waals surface area contributed by atoms with Crippen LogP contribution in [0.25, 0.3) is 0 Å². The van der Waals surface area contributed by atoms with Gasteiger partial charge in [-0.05, 0) is 17.7 Å². The Morgan fingerprint density at radius 1 is 1.37 bits per heavy atom. The zero-order chi connectivity index (χ0) is 13.8. The van der Waals surface area contributed by atoms with Crippen LogP contribution >= 0.6 is 0 Å². The van der Waals surface area contributed by atoms with Crippen LogP contribution in [0.1, 0.15) is 12.0 Å². The summed E-state index contributed by atoms with van der Waals surface area (Å²) in [5.41, 5.74) is 0.933. The zero-order valence-corrected chi connectivity index (χ0v) is 10.4. The summed E-state index contributed by atoms with van der Waals surface area (Å²) in [7, 11) is 0. The van der Waals surface area contributed by atoms with Crippen LogP contribution in [0.2, 0.25) is 0 Å². The molecular formula is C13H16N2O4. The molecule has 0 spiro atoms. The summed E-state index contributed by atoms with van der Waals surface area (Å²) in [6, 6.07) is 6.04. The number of nitrogens with one attached hydrogen (secondary N) is 1. The minimum Gasteiger partial charge on any atom is -0.508 e. The Morgan fingerprint density at radius 3 is 2.68 bits per heavy atom. The maximum atomic E-state index is 11.7. The Morgan fingerprint density at radius 2 is 2.05 bits per heavy atom. The molecule has 0 bridgehead atoms. The number of carbonyl (C=O) groups is 2. The smallest absolute Gasteiger partial charge is 0.305 e. The molecule has 0 saturated carbocycles. The minimum atomic E-state index is -0.988. The molecule has 3 N–H and O–H groups in total. The molecule has 102 valence electrons. The number of rotatable bonds is 4. The fourth-order valence-electron chi connectivity index (χ4n) is 2.17.